The van der Waals surface area contributed by atoms with Gasteiger partial charge in [0, 0.05) is 7.11 Å². The van der Waals surface area contributed by atoms with Crippen LogP contribution in [0.5, 0.6) is 0 Å². The molecule has 1 atom stereocenters. The Morgan fingerprint density at radius 1 is 1.27 bits per heavy atom. The molecule has 0 fully saturated rings. The van der Waals surface area contributed by atoms with Gasteiger partial charge < -0.3 is 5.11 Å². The van der Waals surface area contributed by atoms with E-state index in [0.29, 0.717) is 0 Å². The van der Waals surface area contributed by atoms with E-state index in [2.05, 4.69) is 20.8 Å². The molecule has 0 aromatic heterocycles. The van der Waals surface area contributed by atoms with Crippen LogP contribution in [0.25, 0.3) is 0 Å². The Morgan fingerprint density at radius 3 is 2.18 bits per heavy atom. The second kappa shape index (κ2) is 5.36. The van der Waals surface area contributed by atoms with Gasteiger partial charge in [0.05, 0.1) is 0 Å². The fourth-order valence-electron chi connectivity index (χ4n) is 1.51. The topological polar surface area (TPSA) is 20.2 Å². The Kier molecular flexibility index (Phi) is 5.22. The fraction of sp³-hybridized carbons (Fsp3) is 0.800. The van der Waals surface area contributed by atoms with Crippen LogP contribution in [0.2, 0.25) is 0 Å². The van der Waals surface area contributed by atoms with Crippen LogP contribution in [0.1, 0.15) is 40.0 Å². The van der Waals surface area contributed by atoms with Crippen molar-refractivity contribution in [1.82, 2.24) is 0 Å². The lowest BCUT2D eigenvalue weighted by molar-refractivity contribution is 0.399. The molecular weight excluding hydrogens is 136 g/mol. The van der Waals surface area contributed by atoms with Crippen molar-refractivity contribution >= 4 is 0 Å². The predicted octanol–water partition coefficient (Wildman–Crippen LogP) is 2.75. The van der Waals surface area contributed by atoms with Crippen molar-refractivity contribution in [2.24, 2.45) is 5.92 Å². The normalized spacial score (nSPS) is 24.3. The van der Waals surface area contributed by atoms with Gasteiger partial charge in [-0.2, -0.15) is 0 Å². The third-order valence-corrected chi connectivity index (χ3v) is 2.60. The van der Waals surface area contributed by atoms with Gasteiger partial charge in [0.25, 0.3) is 0 Å². The summed E-state index contributed by atoms with van der Waals surface area (Å²) in [6, 6.07) is 0. The van der Waals surface area contributed by atoms with Crippen LogP contribution in [0.15, 0.2) is 11.1 Å². The maximum absolute atomic E-state index is 7.00. The van der Waals surface area contributed by atoms with Gasteiger partial charge in [0.1, 0.15) is 0 Å². The molecule has 1 heteroatoms. The van der Waals surface area contributed by atoms with Crippen molar-refractivity contribution in [3.63, 3.8) is 0 Å². The predicted molar refractivity (Wildman–Crippen MR) is 49.5 cm³/mol. The Hall–Kier alpha value is -0.300. The molecule has 1 aliphatic carbocycles. The first-order valence-electron chi connectivity index (χ1n) is 4.33. The standard InChI is InChI=1S/C9H16.CH4O/c1-7-5-4-6-8(2)9(7)3;1-2/h7H,4-6H2,1-3H3;2H,1H3. The number of hydrogen-bond acceptors (Lipinski definition) is 1. The van der Waals surface area contributed by atoms with Gasteiger partial charge >= 0.3 is 0 Å². The fourth-order valence-corrected chi connectivity index (χ4v) is 1.51. The number of aliphatic hydroxyl groups excluding tert-OH is 1. The minimum absolute atomic E-state index is 0.860. The summed E-state index contributed by atoms with van der Waals surface area (Å²) in [6.45, 7) is 6.88. The molecule has 1 aliphatic rings. The van der Waals surface area contributed by atoms with E-state index in [1.54, 1.807) is 11.1 Å². The minimum atomic E-state index is 0.860. The van der Waals surface area contributed by atoms with Gasteiger partial charge in [0.15, 0.2) is 0 Å². The molecular formula is C10H20O. The van der Waals surface area contributed by atoms with E-state index < -0.39 is 0 Å². The Morgan fingerprint density at radius 2 is 1.82 bits per heavy atom. The first-order chi connectivity index (χ1) is 5.22. The second-order valence-corrected chi connectivity index (χ2v) is 3.26. The van der Waals surface area contributed by atoms with E-state index in [1.807, 2.05) is 0 Å². The van der Waals surface area contributed by atoms with E-state index in [1.165, 1.54) is 19.3 Å². The van der Waals surface area contributed by atoms with Crippen molar-refractivity contribution in [3.05, 3.63) is 11.1 Å². The summed E-state index contributed by atoms with van der Waals surface area (Å²) >= 11 is 0. The largest absolute Gasteiger partial charge is 0.400 e. The molecule has 1 N–H and O–H groups in total. The lowest BCUT2D eigenvalue weighted by Crippen LogP contribution is -2.04. The van der Waals surface area contributed by atoms with Gasteiger partial charge in [-0.15, -0.1) is 0 Å². The molecule has 0 aromatic carbocycles. The highest BCUT2D eigenvalue weighted by Gasteiger charge is 2.11. The summed E-state index contributed by atoms with van der Waals surface area (Å²) in [5.41, 5.74) is 3.27. The summed E-state index contributed by atoms with van der Waals surface area (Å²) in [5.74, 6) is 0.860. The molecule has 1 nitrogen and oxygen atoms in total. The lowest BCUT2D eigenvalue weighted by atomic mass is 9.86. The van der Waals surface area contributed by atoms with Crippen LogP contribution in [-0.4, -0.2) is 12.2 Å². The van der Waals surface area contributed by atoms with Crippen LogP contribution in [0.4, 0.5) is 0 Å². The summed E-state index contributed by atoms with van der Waals surface area (Å²) in [7, 11) is 1.00. The van der Waals surface area contributed by atoms with Crippen molar-refractivity contribution < 1.29 is 5.11 Å². The average molecular weight is 156 g/mol. The van der Waals surface area contributed by atoms with Gasteiger partial charge in [-0.05, 0) is 39.0 Å². The molecule has 11 heavy (non-hydrogen) atoms. The van der Waals surface area contributed by atoms with Crippen molar-refractivity contribution in [2.75, 3.05) is 7.11 Å². The zero-order valence-corrected chi connectivity index (χ0v) is 8.15. The second-order valence-electron chi connectivity index (χ2n) is 3.26. The first-order valence-corrected chi connectivity index (χ1v) is 4.33. The van der Waals surface area contributed by atoms with Crippen LogP contribution >= 0.6 is 0 Å². The van der Waals surface area contributed by atoms with Gasteiger partial charge in [0.2, 0.25) is 0 Å². The zero-order valence-electron chi connectivity index (χ0n) is 8.15. The average Bonchev–Trinajstić information content (AvgIpc) is 2.04. The molecule has 0 radical (unpaired) electrons. The van der Waals surface area contributed by atoms with E-state index >= 15 is 0 Å². The lowest BCUT2D eigenvalue weighted by Gasteiger charge is -2.20. The quantitative estimate of drug-likeness (QED) is 0.535. The SMILES string of the molecule is CC1=C(C)C(C)CCC1.CO. The molecule has 0 spiro atoms. The third kappa shape index (κ3) is 3.06. The first kappa shape index (κ1) is 10.7. The molecule has 66 valence electrons. The molecule has 0 heterocycles. The highest BCUT2D eigenvalue weighted by atomic mass is 16.2. The van der Waals surface area contributed by atoms with Gasteiger partial charge in [-0.3, -0.25) is 0 Å². The van der Waals surface area contributed by atoms with Crippen molar-refractivity contribution in [2.45, 2.75) is 40.0 Å². The summed E-state index contributed by atoms with van der Waals surface area (Å²) in [5, 5.41) is 7.00. The van der Waals surface area contributed by atoms with Crippen LogP contribution in [0, 0.1) is 5.92 Å². The van der Waals surface area contributed by atoms with Crippen molar-refractivity contribution in [3.8, 4) is 0 Å². The number of hydrogen-bond donors (Lipinski definition) is 1. The monoisotopic (exact) mass is 156 g/mol. The van der Waals surface area contributed by atoms with E-state index in [9.17, 15) is 0 Å². The Balaban J connectivity index is 0.000000461. The van der Waals surface area contributed by atoms with E-state index in [0.717, 1.165) is 13.0 Å². The number of aliphatic hydroxyl groups is 1. The van der Waals surface area contributed by atoms with Gasteiger partial charge in [-0.25, -0.2) is 0 Å². The van der Waals surface area contributed by atoms with E-state index in [-0.39, 0.29) is 0 Å². The van der Waals surface area contributed by atoms with Crippen molar-refractivity contribution in [1.29, 1.82) is 0 Å². The maximum atomic E-state index is 7.00. The highest BCUT2D eigenvalue weighted by molar-refractivity contribution is 5.14. The maximum Gasteiger partial charge on any atom is 0.0319 e. The molecule has 0 bridgehead atoms. The van der Waals surface area contributed by atoms with Crippen LogP contribution < -0.4 is 0 Å². The zero-order chi connectivity index (χ0) is 8.85. The smallest absolute Gasteiger partial charge is 0.0319 e. The molecule has 0 saturated carbocycles. The molecule has 0 aliphatic heterocycles. The Bertz CT molecular complexity index is 136. The Labute approximate surface area is 70.1 Å². The van der Waals surface area contributed by atoms with Crippen LogP contribution in [0.3, 0.4) is 0 Å². The number of allylic oxidation sites excluding steroid dienone is 2. The molecule has 1 unspecified atom stereocenters. The molecule has 0 aromatic rings. The minimum Gasteiger partial charge on any atom is -0.400 e. The van der Waals surface area contributed by atoms with Crippen LogP contribution in [-0.2, 0) is 0 Å². The summed E-state index contributed by atoms with van der Waals surface area (Å²) < 4.78 is 0. The highest BCUT2D eigenvalue weighted by Crippen LogP contribution is 2.28. The molecule has 0 saturated heterocycles. The third-order valence-electron chi connectivity index (χ3n) is 2.60. The summed E-state index contributed by atoms with van der Waals surface area (Å²) in [4.78, 5) is 0. The van der Waals surface area contributed by atoms with E-state index in [4.69, 9.17) is 5.11 Å². The summed E-state index contributed by atoms with van der Waals surface area (Å²) in [6.07, 6.45) is 4.16. The molecule has 0 amide bonds. The van der Waals surface area contributed by atoms with Gasteiger partial charge in [-0.1, -0.05) is 18.1 Å². The number of rotatable bonds is 0. The molecule has 1 rings (SSSR count).